The number of rotatable bonds is 20. The number of fused-ring (bicyclic) bond motifs is 8. The Labute approximate surface area is 367 Å². The molecule has 20 nitrogen and oxygen atoms in total. The van der Waals surface area contributed by atoms with Gasteiger partial charge in [0, 0.05) is 106 Å². The average Bonchev–Trinajstić information content (AvgIpc) is 3.77. The first kappa shape index (κ1) is 49.1. The Morgan fingerprint density at radius 1 is 0.476 bits per heavy atom. The molecule has 0 saturated carbocycles. The largest absolute Gasteiger partial charge is 2.00 e. The van der Waals surface area contributed by atoms with Crippen LogP contribution in [0.25, 0.3) is 22.1 Å². The van der Waals surface area contributed by atoms with Crippen molar-refractivity contribution in [3.05, 3.63) is 69.3 Å². The third-order valence-corrected chi connectivity index (χ3v) is 11.6. The Bertz CT molecular complexity index is 2550. The molecule has 2 aliphatic rings. The van der Waals surface area contributed by atoms with Crippen LogP contribution in [0.5, 0.6) is 0 Å². The molecule has 0 fully saturated rings. The molecule has 63 heavy (non-hydrogen) atoms. The monoisotopic (exact) mass is 908 g/mol. The van der Waals surface area contributed by atoms with Crippen LogP contribution in [-0.4, -0.2) is 57.7 Å². The fourth-order valence-corrected chi connectivity index (χ4v) is 8.70. The number of aromatic nitrogens is 4. The molecule has 8 bridgehead atoms. The van der Waals surface area contributed by atoms with Crippen molar-refractivity contribution in [3.8, 4) is 0 Å². The fourth-order valence-electron chi connectivity index (χ4n) is 8.70. The van der Waals surface area contributed by atoms with E-state index in [4.69, 9.17) is 9.97 Å². The van der Waals surface area contributed by atoms with Crippen molar-refractivity contribution in [2.75, 3.05) is 0 Å². The Balaban J connectivity index is 0.00000871. The number of aryl methyl sites for hydroxylation is 2. The summed E-state index contributed by atoms with van der Waals surface area (Å²) in [6.07, 6.45) is -7.46. The molecule has 0 N–H and O–H groups in total. The van der Waals surface area contributed by atoms with Gasteiger partial charge in [0.1, 0.15) is 0 Å². The molecule has 3 aromatic rings. The molecule has 0 saturated heterocycles. The maximum atomic E-state index is 12.4. The van der Waals surface area contributed by atoms with E-state index < -0.39 is 135 Å². The number of carboxylic acid groups (broad SMARTS) is 8. The Morgan fingerprint density at radius 3 is 1.19 bits per heavy atom. The van der Waals surface area contributed by atoms with Crippen LogP contribution >= 0.6 is 0 Å². The Kier molecular flexibility index (Phi) is 15.3. The van der Waals surface area contributed by atoms with E-state index in [0.29, 0.717) is 0 Å². The van der Waals surface area contributed by atoms with E-state index >= 15 is 0 Å². The predicted molar refractivity (Wildman–Crippen MR) is 191 cm³/mol. The molecule has 2 aliphatic heterocycles. The molecular formula is C42H36FeN4O16-8. The third kappa shape index (κ3) is 11.1. The molecule has 4 atom stereocenters. The Hall–Kier alpha value is -6.60. The standard InChI is InChI=1S/C42H46N4O16.Fe/c1-41(17-39(59)60)23(5-9-35(51)52)29-14-27-21(11-37(55)56)19(3-7-33(47)48)25(43-27)13-26-20(4-8-34(49)50)22(12-38(57)58)28(44-26)15-31-42(2,18-40(61)62)24(6-10-36(53)54)30(46-31)16-32(41)45-29;/h13-16,23-24H,3-12,17-18H2,1-2H3,(H10,43,44,45,46,47,48,49,50,51,52,53,54,55,56,57,58,59,60,61,62);/q;+2/p-10/t23-,24-,41+,42+;/m1./s1. The van der Waals surface area contributed by atoms with Crippen molar-refractivity contribution >= 4 is 69.8 Å². The van der Waals surface area contributed by atoms with Gasteiger partial charge in [-0.15, -0.1) is 22.1 Å². The maximum Gasteiger partial charge on any atom is 2.00 e. The van der Waals surface area contributed by atoms with Crippen LogP contribution in [0.4, 0.5) is 0 Å². The molecule has 336 valence electrons. The minimum Gasteiger partial charge on any atom is -0.657 e. The molecule has 0 amide bonds. The van der Waals surface area contributed by atoms with Crippen LogP contribution in [0.15, 0.2) is 24.3 Å². The predicted octanol–water partition coefficient (Wildman–Crippen LogP) is -7.06. The topological polar surface area (TPSA) is 375 Å². The van der Waals surface area contributed by atoms with Crippen molar-refractivity contribution < 1.29 is 96.3 Å². The van der Waals surface area contributed by atoms with Gasteiger partial charge in [-0.25, -0.2) is 0 Å². The second-order valence-corrected chi connectivity index (χ2v) is 15.8. The SMILES string of the molecule is C[C@@]1(CC(=O)[O-])c2cc3nc(cc4[n-]c(cc5[n-]c(cc(n2)[C@H]1CCC(=O)[O-])c(CC(=O)[O-])c5CCC(=O)[O-])c(CCC(=O)[O-])c4CC(=O)[O-])[C@@](C)(CC(=O)[O-])[C@@H]3CCC(=O)[O-].[Fe+2]. The molecule has 0 radical (unpaired) electrons. The summed E-state index contributed by atoms with van der Waals surface area (Å²) in [4.78, 5) is 115. The van der Waals surface area contributed by atoms with Gasteiger partial charge in [-0.3, -0.25) is 9.97 Å². The van der Waals surface area contributed by atoms with Gasteiger partial charge in [-0.2, -0.15) is 0 Å². The summed E-state index contributed by atoms with van der Waals surface area (Å²) in [7, 11) is 0. The number of hydrogen-bond acceptors (Lipinski definition) is 18. The second kappa shape index (κ2) is 19.6. The van der Waals surface area contributed by atoms with E-state index in [9.17, 15) is 79.2 Å². The molecule has 21 heteroatoms. The Morgan fingerprint density at radius 2 is 0.825 bits per heavy atom. The van der Waals surface area contributed by atoms with E-state index in [0.717, 1.165) is 0 Å². The first-order valence-corrected chi connectivity index (χ1v) is 19.3. The van der Waals surface area contributed by atoms with E-state index in [2.05, 4.69) is 9.97 Å². The quantitative estimate of drug-likeness (QED) is 0.0951. The van der Waals surface area contributed by atoms with Gasteiger partial charge >= 0.3 is 17.1 Å². The zero-order valence-corrected chi connectivity index (χ0v) is 34.7. The molecule has 5 rings (SSSR count). The van der Waals surface area contributed by atoms with Crippen LogP contribution in [-0.2, 0) is 91.9 Å². The first-order valence-electron chi connectivity index (χ1n) is 19.3. The summed E-state index contributed by atoms with van der Waals surface area (Å²) in [5.41, 5.74) is -4.43. The number of hydrogen-bond donors (Lipinski definition) is 0. The van der Waals surface area contributed by atoms with Gasteiger partial charge < -0.3 is 89.2 Å². The summed E-state index contributed by atoms with van der Waals surface area (Å²) in [5, 5.41) is 96.4. The van der Waals surface area contributed by atoms with Gasteiger partial charge in [0.05, 0.1) is 0 Å². The summed E-state index contributed by atoms with van der Waals surface area (Å²) in [6, 6.07) is 4.97. The number of carbonyl (C=O) groups is 8. The normalized spacial score (nSPS) is 19.1. The fraction of sp³-hybridized carbons (Fsp3) is 0.429. The average molecular weight is 909 g/mol. The van der Waals surface area contributed by atoms with E-state index in [-0.39, 0.29) is 97.0 Å². The van der Waals surface area contributed by atoms with Crippen LogP contribution in [0.3, 0.4) is 0 Å². The van der Waals surface area contributed by atoms with Crippen molar-refractivity contribution in [2.24, 2.45) is 0 Å². The molecule has 0 unspecified atom stereocenters. The number of aliphatic carboxylic acids is 8. The van der Waals surface area contributed by atoms with Gasteiger partial charge in [-0.1, -0.05) is 54.3 Å². The number of carboxylic acids is 8. The zero-order valence-electron chi connectivity index (χ0n) is 33.6. The van der Waals surface area contributed by atoms with Crippen molar-refractivity contribution in [2.45, 2.75) is 114 Å². The number of carbonyl (C=O) groups excluding carboxylic acids is 8. The zero-order chi connectivity index (χ0) is 45.8. The van der Waals surface area contributed by atoms with Crippen molar-refractivity contribution in [1.82, 2.24) is 19.9 Å². The van der Waals surface area contributed by atoms with Crippen molar-refractivity contribution in [1.29, 1.82) is 0 Å². The van der Waals surface area contributed by atoms with E-state index in [1.165, 1.54) is 38.1 Å². The van der Waals surface area contributed by atoms with Crippen LogP contribution < -0.4 is 50.8 Å². The van der Waals surface area contributed by atoms with Gasteiger partial charge in [0.2, 0.25) is 0 Å². The minimum absolute atomic E-state index is 0. The van der Waals surface area contributed by atoms with Crippen LogP contribution in [0.1, 0.15) is 122 Å². The van der Waals surface area contributed by atoms with Crippen LogP contribution in [0.2, 0.25) is 0 Å². The molecule has 3 aromatic heterocycles. The third-order valence-electron chi connectivity index (χ3n) is 11.6. The van der Waals surface area contributed by atoms with Gasteiger partial charge in [0.25, 0.3) is 0 Å². The molecule has 5 heterocycles. The van der Waals surface area contributed by atoms with Gasteiger partial charge in [-0.05, 0) is 70.3 Å². The number of nitrogens with zero attached hydrogens (tertiary/aromatic N) is 4. The smallest absolute Gasteiger partial charge is 0.657 e. The minimum atomic E-state index is -1.67. The molecular weight excluding hydrogens is 872 g/mol. The van der Waals surface area contributed by atoms with Crippen LogP contribution in [0, 0.1) is 0 Å². The second-order valence-electron chi connectivity index (χ2n) is 15.8. The summed E-state index contributed by atoms with van der Waals surface area (Å²) < 4.78 is 0. The summed E-state index contributed by atoms with van der Waals surface area (Å²) in [5.74, 6) is -14.9. The first-order chi connectivity index (χ1) is 29.0. The van der Waals surface area contributed by atoms with E-state index in [1.807, 2.05) is 0 Å². The molecule has 0 spiro atoms. The van der Waals surface area contributed by atoms with Crippen molar-refractivity contribution in [3.63, 3.8) is 0 Å². The van der Waals surface area contributed by atoms with E-state index in [1.54, 1.807) is 0 Å². The maximum absolute atomic E-state index is 12.4. The molecule has 0 aliphatic carbocycles. The van der Waals surface area contributed by atoms with Gasteiger partial charge in [0.15, 0.2) is 0 Å². The summed E-state index contributed by atoms with van der Waals surface area (Å²) in [6.45, 7) is 2.84. The molecule has 0 aromatic carbocycles. The summed E-state index contributed by atoms with van der Waals surface area (Å²) >= 11 is 0.